The minimum Gasteiger partial charge on any atom is -0.517 e. The van der Waals surface area contributed by atoms with Gasteiger partial charge in [0.25, 0.3) is 15.0 Å². The van der Waals surface area contributed by atoms with Crippen LogP contribution >= 0.6 is 0 Å². The highest BCUT2D eigenvalue weighted by molar-refractivity contribution is 6.54. The van der Waals surface area contributed by atoms with Crippen molar-refractivity contribution < 1.29 is 13.6 Å². The molecule has 0 heterocycles. The minimum atomic E-state index is -1.11. The summed E-state index contributed by atoms with van der Waals surface area (Å²) >= 11 is 0. The van der Waals surface area contributed by atoms with Gasteiger partial charge in [-0.1, -0.05) is 27.7 Å². The van der Waals surface area contributed by atoms with Crippen molar-refractivity contribution in [2.75, 3.05) is 0 Å². The average molecular weight is 354 g/mol. The fourth-order valence-corrected chi connectivity index (χ4v) is 7.17. The molecule has 0 aromatic carbocycles. The molecule has 2 bridgehead atoms. The normalized spacial score (nSPS) is 31.9. The summed E-state index contributed by atoms with van der Waals surface area (Å²) in [6.07, 6.45) is 4.51. The summed E-state index contributed by atoms with van der Waals surface area (Å²) in [5.41, 5.74) is 1.04. The summed E-state index contributed by atoms with van der Waals surface area (Å²) < 4.78 is 11.9. The van der Waals surface area contributed by atoms with Gasteiger partial charge in [-0.15, -0.1) is 0 Å². The van der Waals surface area contributed by atoms with E-state index in [1.54, 1.807) is 0 Å². The molecule has 3 nitrogen and oxygen atoms in total. The zero-order valence-corrected chi connectivity index (χ0v) is 17.9. The molecule has 0 N–H and O–H groups in total. The quantitative estimate of drug-likeness (QED) is 0.654. The third kappa shape index (κ3) is 4.29. The van der Waals surface area contributed by atoms with Crippen LogP contribution in [0.2, 0.25) is 17.6 Å². The third-order valence-corrected chi connectivity index (χ3v) is 10.1. The van der Waals surface area contributed by atoms with Gasteiger partial charge in [0.1, 0.15) is 0 Å². The van der Waals surface area contributed by atoms with Gasteiger partial charge in [-0.2, -0.15) is 0 Å². The van der Waals surface area contributed by atoms with E-state index >= 15 is 0 Å². The van der Waals surface area contributed by atoms with Gasteiger partial charge in [-0.05, 0) is 68.5 Å². The van der Waals surface area contributed by atoms with Crippen molar-refractivity contribution in [2.45, 2.75) is 91.0 Å². The van der Waals surface area contributed by atoms with E-state index in [-0.39, 0.29) is 22.9 Å². The minimum absolute atomic E-state index is 0.101. The molecule has 0 spiro atoms. The molecule has 0 saturated heterocycles. The van der Waals surface area contributed by atoms with Crippen LogP contribution in [-0.4, -0.2) is 30.9 Å². The third-order valence-electron chi connectivity index (χ3n) is 5.88. The highest BCUT2D eigenvalue weighted by Gasteiger charge is 2.56. The zero-order chi connectivity index (χ0) is 17.4. The van der Waals surface area contributed by atoms with Crippen LogP contribution in [0.5, 0.6) is 0 Å². The number of carbonyl (C=O) groups excluding carboxylic acids is 1. The van der Waals surface area contributed by atoms with E-state index in [1.165, 1.54) is 6.42 Å². The molecule has 5 heteroatoms. The lowest BCUT2D eigenvalue weighted by Gasteiger charge is -2.33. The number of fused-ring (bicyclic) bond motifs is 2. The van der Waals surface area contributed by atoms with E-state index < -0.39 is 9.04 Å². The maximum atomic E-state index is 12.9. The SMILES string of the molecule is CC(C)O[Si]C1CC2(C(=O)O[Si](C)C(C)C(C)(C)C)CCC1C2. The number of rotatable bonds is 6. The first-order valence-electron chi connectivity index (χ1n) is 9.02. The molecule has 2 saturated carbocycles. The van der Waals surface area contributed by atoms with Crippen molar-refractivity contribution in [3.05, 3.63) is 0 Å². The highest BCUT2D eigenvalue weighted by atomic mass is 28.3. The lowest BCUT2D eigenvalue weighted by atomic mass is 9.84. The Morgan fingerprint density at radius 3 is 2.48 bits per heavy atom. The van der Waals surface area contributed by atoms with Crippen molar-refractivity contribution in [1.29, 1.82) is 0 Å². The molecule has 4 unspecified atom stereocenters. The Balaban J connectivity index is 1.95. The van der Waals surface area contributed by atoms with E-state index in [4.69, 9.17) is 8.85 Å². The molecule has 131 valence electrons. The zero-order valence-electron chi connectivity index (χ0n) is 15.9. The second-order valence-corrected chi connectivity index (χ2v) is 12.5. The summed E-state index contributed by atoms with van der Waals surface area (Å²) in [5.74, 6) is 0.775. The van der Waals surface area contributed by atoms with Gasteiger partial charge in [0.05, 0.1) is 5.41 Å². The first-order valence-corrected chi connectivity index (χ1v) is 12.0. The van der Waals surface area contributed by atoms with Crippen LogP contribution in [0.1, 0.15) is 67.2 Å². The van der Waals surface area contributed by atoms with Gasteiger partial charge < -0.3 is 8.85 Å². The summed E-state index contributed by atoms with van der Waals surface area (Å²) in [5, 5.41) is 0. The maximum Gasteiger partial charge on any atom is 0.298 e. The Bertz CT molecular complexity index is 432. The Morgan fingerprint density at radius 1 is 1.26 bits per heavy atom. The molecule has 0 amide bonds. The number of carbonyl (C=O) groups is 1. The standard InChI is InChI=1S/C18H33O3Si2/c1-12(2)20-22-15-11-18(9-8-14(15)10-18)16(19)21-23(7)13(3)17(4,5)6/h12-15H,8-11H2,1-7H3. The summed E-state index contributed by atoms with van der Waals surface area (Å²) in [4.78, 5) is 12.9. The first-order chi connectivity index (χ1) is 10.5. The molecule has 0 aliphatic heterocycles. The molecular weight excluding hydrogens is 320 g/mol. The molecule has 23 heavy (non-hydrogen) atoms. The van der Waals surface area contributed by atoms with E-state index in [2.05, 4.69) is 48.1 Å². The Hall–Kier alpha value is -0.136. The van der Waals surface area contributed by atoms with Gasteiger partial charge in [-0.3, -0.25) is 4.79 Å². The van der Waals surface area contributed by atoms with Crippen molar-refractivity contribution in [2.24, 2.45) is 16.7 Å². The topological polar surface area (TPSA) is 35.5 Å². The summed E-state index contributed by atoms with van der Waals surface area (Å²) in [7, 11) is -0.571. The highest BCUT2D eigenvalue weighted by Crippen LogP contribution is 2.60. The average Bonchev–Trinajstić information content (AvgIpc) is 3.02. The van der Waals surface area contributed by atoms with E-state index in [1.807, 2.05) is 0 Å². The fraction of sp³-hybridized carbons (Fsp3) is 0.944. The van der Waals surface area contributed by atoms with Gasteiger partial charge in [0.2, 0.25) is 9.76 Å². The second kappa shape index (κ2) is 7.00. The van der Waals surface area contributed by atoms with Crippen LogP contribution in [0, 0.1) is 16.7 Å². The molecule has 4 atom stereocenters. The Morgan fingerprint density at radius 2 is 1.91 bits per heavy atom. The molecule has 0 aromatic heterocycles. The molecule has 2 aliphatic rings. The Labute approximate surface area is 146 Å². The van der Waals surface area contributed by atoms with Crippen LogP contribution in [0.3, 0.4) is 0 Å². The van der Waals surface area contributed by atoms with Crippen molar-refractivity contribution in [3.63, 3.8) is 0 Å². The molecule has 2 rings (SSSR count). The van der Waals surface area contributed by atoms with Gasteiger partial charge in [0.15, 0.2) is 0 Å². The van der Waals surface area contributed by atoms with Crippen molar-refractivity contribution >= 4 is 24.8 Å². The predicted octanol–water partition coefficient (Wildman–Crippen LogP) is 4.61. The largest absolute Gasteiger partial charge is 0.517 e. The lowest BCUT2D eigenvalue weighted by molar-refractivity contribution is -0.146. The van der Waals surface area contributed by atoms with Crippen LogP contribution in [0.15, 0.2) is 0 Å². The molecular formula is C18H33O3Si2. The van der Waals surface area contributed by atoms with Gasteiger partial charge in [-0.25, -0.2) is 0 Å². The summed E-state index contributed by atoms with van der Waals surface area (Å²) in [6.45, 7) is 15.3. The van der Waals surface area contributed by atoms with Crippen LogP contribution in [0.25, 0.3) is 0 Å². The fourth-order valence-electron chi connectivity index (χ4n) is 3.87. The number of hydrogen-bond acceptors (Lipinski definition) is 3. The predicted molar refractivity (Wildman–Crippen MR) is 96.7 cm³/mol. The van der Waals surface area contributed by atoms with E-state index in [0.717, 1.165) is 19.3 Å². The van der Waals surface area contributed by atoms with Gasteiger partial charge in [0, 0.05) is 6.10 Å². The molecule has 2 aliphatic carbocycles. The molecule has 2 fully saturated rings. The van der Waals surface area contributed by atoms with Crippen LogP contribution < -0.4 is 0 Å². The van der Waals surface area contributed by atoms with Gasteiger partial charge >= 0.3 is 0 Å². The van der Waals surface area contributed by atoms with Crippen LogP contribution in [-0.2, 0) is 13.6 Å². The lowest BCUT2D eigenvalue weighted by Crippen LogP contribution is -2.37. The molecule has 0 aromatic rings. The van der Waals surface area contributed by atoms with Crippen LogP contribution in [0.4, 0.5) is 0 Å². The van der Waals surface area contributed by atoms with E-state index in [0.29, 0.717) is 26.8 Å². The van der Waals surface area contributed by atoms with Crippen molar-refractivity contribution in [1.82, 2.24) is 0 Å². The summed E-state index contributed by atoms with van der Waals surface area (Å²) in [6, 6.07) is 0. The maximum absolute atomic E-state index is 12.9. The molecule has 3 radical (unpaired) electrons. The first kappa shape index (κ1) is 19.2. The van der Waals surface area contributed by atoms with E-state index in [9.17, 15) is 4.79 Å². The monoisotopic (exact) mass is 353 g/mol. The Kier molecular flexibility index (Phi) is 5.84. The second-order valence-electron chi connectivity index (χ2n) is 8.97. The smallest absolute Gasteiger partial charge is 0.298 e. The van der Waals surface area contributed by atoms with Crippen molar-refractivity contribution in [3.8, 4) is 0 Å². The number of hydrogen-bond donors (Lipinski definition) is 0.